The maximum atomic E-state index is 12.2. The van der Waals surface area contributed by atoms with Gasteiger partial charge in [0.05, 0.1) is 6.61 Å². The maximum absolute atomic E-state index is 12.2. The number of hydrogen-bond donors (Lipinski definition) is 1. The minimum absolute atomic E-state index is 0.0681. The van der Waals surface area contributed by atoms with E-state index in [9.17, 15) is 14.7 Å². The summed E-state index contributed by atoms with van der Waals surface area (Å²) in [5.41, 5.74) is 0. The zero-order chi connectivity index (χ0) is 38.6. The molecule has 0 radical (unpaired) electrons. The lowest BCUT2D eigenvalue weighted by Crippen LogP contribution is -2.28. The van der Waals surface area contributed by atoms with Crippen LogP contribution < -0.4 is 0 Å². The average Bonchev–Trinajstić information content (AvgIpc) is 3.16. The number of esters is 2. The Balaban J connectivity index is 3.55. The van der Waals surface area contributed by atoms with E-state index < -0.39 is 6.10 Å². The second-order valence-corrected chi connectivity index (χ2v) is 14.4. The zero-order valence-corrected chi connectivity index (χ0v) is 34.5. The van der Waals surface area contributed by atoms with Crippen molar-refractivity contribution in [1.82, 2.24) is 0 Å². The van der Waals surface area contributed by atoms with Crippen molar-refractivity contribution in [2.24, 2.45) is 0 Å². The van der Waals surface area contributed by atoms with Crippen LogP contribution in [0.5, 0.6) is 0 Å². The van der Waals surface area contributed by atoms with Crippen LogP contribution in [0.4, 0.5) is 0 Å². The molecule has 0 aromatic carbocycles. The van der Waals surface area contributed by atoms with E-state index >= 15 is 0 Å². The highest BCUT2D eigenvalue weighted by Gasteiger charge is 2.16. The first-order chi connectivity index (χ1) is 26.1. The van der Waals surface area contributed by atoms with Gasteiger partial charge in [-0.3, -0.25) is 9.59 Å². The Morgan fingerprint density at radius 3 is 1.23 bits per heavy atom. The Morgan fingerprint density at radius 2 is 0.811 bits per heavy atom. The number of aliphatic hydroxyl groups excluding tert-OH is 1. The molecule has 0 bridgehead atoms. The monoisotopic (exact) mass is 739 g/mol. The number of aliphatic hydroxyl groups is 1. The van der Waals surface area contributed by atoms with Gasteiger partial charge in [-0.05, 0) is 64.2 Å². The minimum atomic E-state index is -0.773. The molecule has 1 atom stereocenters. The van der Waals surface area contributed by atoms with Gasteiger partial charge >= 0.3 is 11.9 Å². The van der Waals surface area contributed by atoms with Crippen LogP contribution in [0.15, 0.2) is 72.9 Å². The van der Waals surface area contributed by atoms with Gasteiger partial charge in [0.1, 0.15) is 6.61 Å². The number of allylic oxidation sites excluding steroid dienone is 12. The molecule has 304 valence electrons. The van der Waals surface area contributed by atoms with Crippen molar-refractivity contribution in [3.8, 4) is 0 Å². The van der Waals surface area contributed by atoms with Crippen molar-refractivity contribution >= 4 is 11.9 Å². The molecule has 0 aromatic heterocycles. The third kappa shape index (κ3) is 42.0. The number of carbonyl (C=O) groups excluding carboxylic acids is 2. The number of hydrogen-bond acceptors (Lipinski definition) is 5. The molecule has 0 rings (SSSR count). The summed E-state index contributed by atoms with van der Waals surface area (Å²) in [6.07, 6.45) is 58.4. The number of carbonyl (C=O) groups is 2. The van der Waals surface area contributed by atoms with E-state index in [0.29, 0.717) is 12.8 Å². The fourth-order valence-corrected chi connectivity index (χ4v) is 5.97. The van der Waals surface area contributed by atoms with Gasteiger partial charge in [-0.25, -0.2) is 0 Å². The number of unbranched alkanes of at least 4 members (excludes halogenated alkanes) is 19. The van der Waals surface area contributed by atoms with Crippen LogP contribution in [-0.2, 0) is 19.1 Å². The molecule has 0 aliphatic heterocycles. The van der Waals surface area contributed by atoms with Gasteiger partial charge in [0.15, 0.2) is 6.10 Å². The van der Waals surface area contributed by atoms with Crippen LogP contribution >= 0.6 is 0 Å². The van der Waals surface area contributed by atoms with E-state index in [2.05, 4.69) is 86.8 Å². The molecule has 0 aliphatic rings. The number of rotatable bonds is 39. The molecule has 0 fully saturated rings. The van der Waals surface area contributed by atoms with Crippen LogP contribution in [-0.4, -0.2) is 36.4 Å². The van der Waals surface area contributed by atoms with E-state index in [1.807, 2.05) is 0 Å². The molecule has 0 saturated carbocycles. The molecule has 0 aliphatic carbocycles. The summed E-state index contributed by atoms with van der Waals surface area (Å²) in [6, 6.07) is 0. The third-order valence-corrected chi connectivity index (χ3v) is 9.26. The number of ether oxygens (including phenoxy) is 2. The Morgan fingerprint density at radius 1 is 0.453 bits per heavy atom. The van der Waals surface area contributed by atoms with E-state index in [-0.39, 0.29) is 25.2 Å². The molecule has 0 amide bonds. The van der Waals surface area contributed by atoms with E-state index in [0.717, 1.165) is 77.0 Å². The van der Waals surface area contributed by atoms with Gasteiger partial charge in [-0.1, -0.05) is 196 Å². The minimum Gasteiger partial charge on any atom is -0.462 e. The SMILES string of the molecule is CC/C=C\C/C=C\C/C=C\C/C=C\C/C=C\C/C=C\CCCCCCCCCCCCC(=O)OC(CO)COC(=O)CCCCCCCCCCCC. The lowest BCUT2D eigenvalue weighted by Gasteiger charge is -2.15. The van der Waals surface area contributed by atoms with Gasteiger partial charge in [0, 0.05) is 12.8 Å². The highest BCUT2D eigenvalue weighted by atomic mass is 16.6. The maximum Gasteiger partial charge on any atom is 0.306 e. The topological polar surface area (TPSA) is 72.8 Å². The molecular formula is C48H82O5. The average molecular weight is 739 g/mol. The summed E-state index contributed by atoms with van der Waals surface area (Å²) in [4.78, 5) is 24.2. The first-order valence-corrected chi connectivity index (χ1v) is 22.0. The smallest absolute Gasteiger partial charge is 0.306 e. The van der Waals surface area contributed by atoms with Crippen molar-refractivity contribution in [1.29, 1.82) is 0 Å². The Bertz CT molecular complexity index is 972. The van der Waals surface area contributed by atoms with Gasteiger partial charge in [-0.2, -0.15) is 0 Å². The first kappa shape index (κ1) is 50.3. The second kappa shape index (κ2) is 43.7. The second-order valence-electron chi connectivity index (χ2n) is 14.4. The molecular weight excluding hydrogens is 657 g/mol. The fraction of sp³-hybridized carbons (Fsp3) is 0.708. The molecule has 53 heavy (non-hydrogen) atoms. The van der Waals surface area contributed by atoms with Crippen LogP contribution in [0, 0.1) is 0 Å². The van der Waals surface area contributed by atoms with Gasteiger partial charge in [0.25, 0.3) is 0 Å². The van der Waals surface area contributed by atoms with Crippen LogP contribution in [0.2, 0.25) is 0 Å². The van der Waals surface area contributed by atoms with Crippen LogP contribution in [0.25, 0.3) is 0 Å². The molecule has 1 unspecified atom stereocenters. The van der Waals surface area contributed by atoms with E-state index in [1.54, 1.807) is 0 Å². The molecule has 5 heteroatoms. The first-order valence-electron chi connectivity index (χ1n) is 22.0. The van der Waals surface area contributed by atoms with Crippen molar-refractivity contribution in [2.45, 2.75) is 206 Å². The summed E-state index contributed by atoms with van der Waals surface area (Å²) in [7, 11) is 0. The molecule has 0 spiro atoms. The van der Waals surface area contributed by atoms with Crippen molar-refractivity contribution in [3.05, 3.63) is 72.9 Å². The quantitative estimate of drug-likeness (QED) is 0.0386. The fourth-order valence-electron chi connectivity index (χ4n) is 5.97. The summed E-state index contributed by atoms with van der Waals surface area (Å²) in [5.74, 6) is -0.598. The molecule has 5 nitrogen and oxygen atoms in total. The molecule has 1 N–H and O–H groups in total. The predicted octanol–water partition coefficient (Wildman–Crippen LogP) is 14.1. The lowest BCUT2D eigenvalue weighted by atomic mass is 10.0. The van der Waals surface area contributed by atoms with Crippen molar-refractivity contribution < 1.29 is 24.2 Å². The molecule has 0 aromatic rings. The lowest BCUT2D eigenvalue weighted by molar-refractivity contribution is -0.161. The Hall–Kier alpha value is -2.66. The normalized spacial score (nSPS) is 12.9. The summed E-state index contributed by atoms with van der Waals surface area (Å²) in [6.45, 7) is 4.00. The highest BCUT2D eigenvalue weighted by molar-refractivity contribution is 5.70. The van der Waals surface area contributed by atoms with E-state index in [4.69, 9.17) is 9.47 Å². The van der Waals surface area contributed by atoms with Gasteiger partial charge in [-0.15, -0.1) is 0 Å². The van der Waals surface area contributed by atoms with Gasteiger partial charge < -0.3 is 14.6 Å². The molecule has 0 heterocycles. The van der Waals surface area contributed by atoms with Gasteiger partial charge in [0.2, 0.25) is 0 Å². The molecule has 0 saturated heterocycles. The summed E-state index contributed by atoms with van der Waals surface area (Å²) < 4.78 is 10.6. The van der Waals surface area contributed by atoms with Crippen LogP contribution in [0.1, 0.15) is 200 Å². The zero-order valence-electron chi connectivity index (χ0n) is 34.5. The van der Waals surface area contributed by atoms with Crippen molar-refractivity contribution in [3.63, 3.8) is 0 Å². The Labute approximate surface area is 327 Å². The van der Waals surface area contributed by atoms with E-state index in [1.165, 1.54) is 96.3 Å². The summed E-state index contributed by atoms with van der Waals surface area (Å²) >= 11 is 0. The van der Waals surface area contributed by atoms with Crippen LogP contribution in [0.3, 0.4) is 0 Å². The predicted molar refractivity (Wildman–Crippen MR) is 228 cm³/mol. The van der Waals surface area contributed by atoms with Crippen molar-refractivity contribution in [2.75, 3.05) is 13.2 Å². The highest BCUT2D eigenvalue weighted by Crippen LogP contribution is 2.14. The Kier molecular flexibility index (Phi) is 41.5. The standard InChI is InChI=1S/C48H82O5/c1-3-5-7-9-11-13-15-16-17-18-19-20-21-22-23-24-25-26-27-28-29-30-31-32-33-35-37-39-41-43-48(51)53-46(44-49)45-52-47(50)42-40-38-36-34-14-12-10-8-6-4-2/h5,7,11,13,16-17,19-20,22-23,25-26,46,49H,3-4,6,8-10,12,14-15,18,21,24,27-45H2,1-2H3/b7-5-,13-11-,17-16-,20-19-,23-22-,26-25-. The largest absolute Gasteiger partial charge is 0.462 e. The summed E-state index contributed by atoms with van der Waals surface area (Å²) in [5, 5.41) is 9.55. The third-order valence-electron chi connectivity index (χ3n) is 9.26.